The second-order valence-corrected chi connectivity index (χ2v) is 9.18. The second kappa shape index (κ2) is 4.80. The summed E-state index contributed by atoms with van der Waals surface area (Å²) < 4.78 is 0. The lowest BCUT2D eigenvalue weighted by Gasteiger charge is -2.61. The Balaban J connectivity index is 2.00. The van der Waals surface area contributed by atoms with Gasteiger partial charge in [0, 0.05) is 35.2 Å². The van der Waals surface area contributed by atoms with Gasteiger partial charge < -0.3 is 9.88 Å². The van der Waals surface area contributed by atoms with Crippen molar-refractivity contribution in [1.29, 1.82) is 0 Å². The van der Waals surface area contributed by atoms with Crippen LogP contribution in [0.1, 0.15) is 74.4 Å². The van der Waals surface area contributed by atoms with Crippen LogP contribution < -0.4 is 5.56 Å². The Morgan fingerprint density at radius 3 is 2.25 bits per heavy atom. The van der Waals surface area contributed by atoms with Gasteiger partial charge in [-0.1, -0.05) is 27.7 Å². The number of likely N-dealkylation sites (tertiary alicyclic amines) is 1. The number of hydrogen-bond donors (Lipinski definition) is 1. The fourth-order valence-corrected chi connectivity index (χ4v) is 3.72. The standard InChI is InChI=1S/C19H26N2O3/c1-17(2)8-13-11(14(22)9-17)7-12(15(23)20-13)16(24)21-10-18(3,4)19(21,5)6/h7H,8-10H2,1-6H3,(H,20,23). The van der Waals surface area contributed by atoms with Crippen LogP contribution in [-0.2, 0) is 6.42 Å². The maximum absolute atomic E-state index is 12.9. The molecule has 1 aromatic rings. The lowest BCUT2D eigenvalue weighted by molar-refractivity contribution is -0.0882. The molecule has 0 radical (unpaired) electrons. The molecule has 1 aromatic heterocycles. The number of carbonyl (C=O) groups excluding carboxylic acids is 2. The van der Waals surface area contributed by atoms with Crippen LogP contribution in [0.3, 0.4) is 0 Å². The molecule has 0 aromatic carbocycles. The molecule has 1 fully saturated rings. The SMILES string of the molecule is CC1(C)CC(=O)c2cc(C(=O)N3CC(C)(C)C3(C)C)c(=O)[nH]c2C1. The van der Waals surface area contributed by atoms with Crippen LogP contribution >= 0.6 is 0 Å². The van der Waals surface area contributed by atoms with Crippen molar-refractivity contribution in [2.75, 3.05) is 6.54 Å². The Morgan fingerprint density at radius 2 is 1.71 bits per heavy atom. The first-order valence-corrected chi connectivity index (χ1v) is 8.47. The normalized spacial score (nSPS) is 23.4. The molecule has 1 aliphatic carbocycles. The quantitative estimate of drug-likeness (QED) is 0.861. The number of nitrogens with zero attached hydrogens (tertiary/aromatic N) is 1. The molecule has 2 heterocycles. The molecule has 1 amide bonds. The number of ketones is 1. The number of carbonyl (C=O) groups is 2. The van der Waals surface area contributed by atoms with Crippen molar-refractivity contribution in [1.82, 2.24) is 9.88 Å². The van der Waals surface area contributed by atoms with E-state index in [2.05, 4.69) is 18.8 Å². The lowest BCUT2D eigenvalue weighted by atomic mass is 9.65. The monoisotopic (exact) mass is 330 g/mol. The molecule has 0 saturated carbocycles. The molecule has 5 nitrogen and oxygen atoms in total. The molecular formula is C19H26N2O3. The average molecular weight is 330 g/mol. The summed E-state index contributed by atoms with van der Waals surface area (Å²) in [5.41, 5.74) is 0.343. The highest BCUT2D eigenvalue weighted by molar-refractivity contribution is 6.02. The van der Waals surface area contributed by atoms with E-state index in [1.807, 2.05) is 27.7 Å². The predicted molar refractivity (Wildman–Crippen MR) is 92.4 cm³/mol. The van der Waals surface area contributed by atoms with Gasteiger partial charge in [0.25, 0.3) is 11.5 Å². The molecule has 0 unspecified atom stereocenters. The van der Waals surface area contributed by atoms with Gasteiger partial charge in [0.15, 0.2) is 5.78 Å². The Hall–Kier alpha value is -1.91. The number of pyridine rings is 1. The van der Waals surface area contributed by atoms with Crippen LogP contribution in [0, 0.1) is 10.8 Å². The van der Waals surface area contributed by atoms with Crippen molar-refractivity contribution >= 4 is 11.7 Å². The summed E-state index contributed by atoms with van der Waals surface area (Å²) in [5, 5.41) is 0. The third-order valence-corrected chi connectivity index (χ3v) is 6.08. The Morgan fingerprint density at radius 1 is 1.08 bits per heavy atom. The van der Waals surface area contributed by atoms with E-state index in [4.69, 9.17) is 0 Å². The zero-order valence-corrected chi connectivity index (χ0v) is 15.4. The molecular weight excluding hydrogens is 304 g/mol. The van der Waals surface area contributed by atoms with Gasteiger partial charge in [-0.3, -0.25) is 14.4 Å². The molecule has 1 aliphatic heterocycles. The smallest absolute Gasteiger partial charge is 0.261 e. The van der Waals surface area contributed by atoms with E-state index < -0.39 is 5.56 Å². The van der Waals surface area contributed by atoms with E-state index in [0.717, 1.165) is 0 Å². The minimum absolute atomic E-state index is 0.00345. The number of aromatic nitrogens is 1. The van der Waals surface area contributed by atoms with Crippen LogP contribution in [0.25, 0.3) is 0 Å². The van der Waals surface area contributed by atoms with E-state index >= 15 is 0 Å². The van der Waals surface area contributed by atoms with Gasteiger partial charge in [0.05, 0.1) is 0 Å². The molecule has 24 heavy (non-hydrogen) atoms. The Bertz CT molecular complexity index is 799. The third-order valence-electron chi connectivity index (χ3n) is 6.08. The van der Waals surface area contributed by atoms with Crippen LogP contribution in [0.5, 0.6) is 0 Å². The molecule has 0 spiro atoms. The Labute approximate surface area is 142 Å². The summed E-state index contributed by atoms with van der Waals surface area (Å²) in [6, 6.07) is 1.51. The van der Waals surface area contributed by atoms with Crippen molar-refractivity contribution in [3.63, 3.8) is 0 Å². The van der Waals surface area contributed by atoms with Crippen LogP contribution in [0.15, 0.2) is 10.9 Å². The van der Waals surface area contributed by atoms with Gasteiger partial charge >= 0.3 is 0 Å². The van der Waals surface area contributed by atoms with Crippen LogP contribution in [0.2, 0.25) is 0 Å². The first-order chi connectivity index (χ1) is 10.9. The predicted octanol–water partition coefficient (Wildman–Crippen LogP) is 2.79. The highest BCUT2D eigenvalue weighted by atomic mass is 16.2. The van der Waals surface area contributed by atoms with Gasteiger partial charge in [-0.25, -0.2) is 0 Å². The van der Waals surface area contributed by atoms with Crippen molar-refractivity contribution in [2.45, 2.75) is 59.9 Å². The van der Waals surface area contributed by atoms with Gasteiger partial charge in [-0.05, 0) is 31.7 Å². The molecule has 0 bridgehead atoms. The van der Waals surface area contributed by atoms with Crippen LogP contribution in [-0.4, -0.2) is 33.7 Å². The molecule has 2 aliphatic rings. The largest absolute Gasteiger partial charge is 0.332 e. The van der Waals surface area contributed by atoms with E-state index in [9.17, 15) is 14.4 Å². The van der Waals surface area contributed by atoms with Crippen molar-refractivity contribution in [2.24, 2.45) is 10.8 Å². The zero-order valence-electron chi connectivity index (χ0n) is 15.4. The fraction of sp³-hybridized carbons (Fsp3) is 0.632. The molecule has 1 N–H and O–H groups in total. The third kappa shape index (κ3) is 2.33. The number of amides is 1. The highest BCUT2D eigenvalue weighted by Crippen LogP contribution is 2.46. The van der Waals surface area contributed by atoms with Gasteiger partial charge in [0.2, 0.25) is 0 Å². The van der Waals surface area contributed by atoms with Gasteiger partial charge in [0.1, 0.15) is 5.56 Å². The number of aromatic amines is 1. The number of Topliss-reactive ketones (excluding diaryl/α,β-unsaturated/α-hetero) is 1. The summed E-state index contributed by atoms with van der Waals surface area (Å²) in [4.78, 5) is 42.3. The van der Waals surface area contributed by atoms with E-state index in [1.165, 1.54) is 6.07 Å². The van der Waals surface area contributed by atoms with Gasteiger partial charge in [-0.15, -0.1) is 0 Å². The topological polar surface area (TPSA) is 70.2 Å². The Kier molecular flexibility index (Phi) is 3.39. The summed E-state index contributed by atoms with van der Waals surface area (Å²) in [5.74, 6) is -0.296. The average Bonchev–Trinajstić information content (AvgIpc) is 2.42. The van der Waals surface area contributed by atoms with Crippen molar-refractivity contribution in [3.8, 4) is 0 Å². The summed E-state index contributed by atoms with van der Waals surface area (Å²) >= 11 is 0. The van der Waals surface area contributed by atoms with E-state index in [1.54, 1.807) is 4.90 Å². The number of hydrogen-bond acceptors (Lipinski definition) is 3. The minimum atomic E-state index is -0.398. The molecule has 1 saturated heterocycles. The molecule has 0 atom stereocenters. The first-order valence-electron chi connectivity index (χ1n) is 8.47. The van der Waals surface area contributed by atoms with Crippen molar-refractivity contribution in [3.05, 3.63) is 33.2 Å². The number of fused-ring (bicyclic) bond motifs is 1. The number of nitrogens with one attached hydrogen (secondary N) is 1. The summed E-state index contributed by atoms with van der Waals surface area (Å²) in [6.45, 7) is 12.9. The van der Waals surface area contributed by atoms with E-state index in [-0.39, 0.29) is 33.6 Å². The second-order valence-electron chi connectivity index (χ2n) is 9.18. The summed E-state index contributed by atoms with van der Waals surface area (Å²) in [6.07, 6.45) is 1.07. The van der Waals surface area contributed by atoms with E-state index in [0.29, 0.717) is 30.6 Å². The van der Waals surface area contributed by atoms with Crippen molar-refractivity contribution < 1.29 is 9.59 Å². The minimum Gasteiger partial charge on any atom is -0.332 e. The molecule has 130 valence electrons. The maximum Gasteiger partial charge on any atom is 0.261 e. The molecule has 5 heteroatoms. The highest BCUT2D eigenvalue weighted by Gasteiger charge is 2.55. The van der Waals surface area contributed by atoms with Gasteiger partial charge in [-0.2, -0.15) is 0 Å². The van der Waals surface area contributed by atoms with Crippen LogP contribution in [0.4, 0.5) is 0 Å². The summed E-state index contributed by atoms with van der Waals surface area (Å²) in [7, 11) is 0. The number of rotatable bonds is 1. The lowest BCUT2D eigenvalue weighted by Crippen LogP contribution is -2.71. The maximum atomic E-state index is 12.9. The fourth-order valence-electron chi connectivity index (χ4n) is 3.72. The number of H-pyrrole nitrogens is 1. The molecule has 3 rings (SSSR count). The first kappa shape index (κ1) is 16.9. The zero-order chi connectivity index (χ0) is 18.1.